The summed E-state index contributed by atoms with van der Waals surface area (Å²) in [5.74, 6) is 2.35. The number of halogens is 3. The van der Waals surface area contributed by atoms with Crippen molar-refractivity contribution in [1.29, 1.82) is 0 Å². The number of alkyl halides is 3. The predicted octanol–water partition coefficient (Wildman–Crippen LogP) is 10.8. The van der Waals surface area contributed by atoms with Gasteiger partial charge in [-0.05, 0) is 74.1 Å². The van der Waals surface area contributed by atoms with Crippen LogP contribution in [0.4, 0.5) is 13.2 Å². The smallest absolute Gasteiger partial charge is 0.00405 e. The zero-order valence-corrected chi connectivity index (χ0v) is 48.0. The molecule has 7 nitrogen and oxygen atoms in total. The molecule has 0 aromatic heterocycles. The van der Waals surface area contributed by atoms with Crippen LogP contribution in [0.5, 0.6) is 0 Å². The minimum Gasteiger partial charge on any atom is -0.358 e. The van der Waals surface area contributed by atoms with Gasteiger partial charge in [-0.1, -0.05) is 243 Å². The van der Waals surface area contributed by atoms with Crippen LogP contribution in [-0.4, -0.2) is 30.3 Å². The fraction of sp³-hybridized carbons (Fsp3) is 0.0536. The van der Waals surface area contributed by atoms with Crippen LogP contribution >= 0.6 is 31.7 Å². The molecule has 0 aliphatic carbocycles. The second-order valence-electron chi connectivity index (χ2n) is 13.6. The van der Waals surface area contributed by atoms with Gasteiger partial charge in [0.05, 0.1) is 0 Å². The van der Waals surface area contributed by atoms with Gasteiger partial charge < -0.3 is 12.0 Å². The SMILES string of the molecule is O=S(=O)([O-])C(F)(F)F.[C-]#[O+].[C-]#[O+].[C-]#[O+].[C-]#[O+].[CH3-].[Ir].[Ir].c1ccc(P(CP(c2ccccc2)c2ccccc2)c2ccccc2)cc1.c1ccc(P(CP(c2ccccc2)c2ccccc2)c2ccccc2)cc1. The average Bonchev–Trinajstić information content (AvgIpc) is 3.43. The van der Waals surface area contributed by atoms with E-state index in [1.54, 1.807) is 0 Å². The molecule has 0 amide bonds. The van der Waals surface area contributed by atoms with Crippen LogP contribution in [0.1, 0.15) is 0 Å². The molecule has 0 aliphatic rings. The molecule has 8 rings (SSSR count). The maximum atomic E-state index is 10.7. The molecule has 0 atom stereocenters. The van der Waals surface area contributed by atoms with Gasteiger partial charge in [0.1, 0.15) is 0 Å². The van der Waals surface area contributed by atoms with Crippen LogP contribution < -0.4 is 42.4 Å². The van der Waals surface area contributed by atoms with E-state index < -0.39 is 47.3 Å². The molecule has 8 aromatic rings. The van der Waals surface area contributed by atoms with Crippen molar-refractivity contribution in [2.75, 3.05) is 11.8 Å². The van der Waals surface area contributed by atoms with Gasteiger partial charge in [-0.25, -0.2) is 8.42 Å². The normalized spacial score (nSPS) is 9.81. The number of rotatable bonds is 12. The Balaban J connectivity index is 0. The number of benzene rings is 8. The molecule has 17 heteroatoms. The second-order valence-corrected chi connectivity index (χ2v) is 24.8. The summed E-state index contributed by atoms with van der Waals surface area (Å²) in [6.07, 6.45) is 0. The Labute approximate surface area is 459 Å². The fourth-order valence-corrected chi connectivity index (χ4v) is 19.3. The van der Waals surface area contributed by atoms with E-state index in [1.807, 2.05) is 0 Å². The molecule has 2 radical (unpaired) electrons. The Hall–Kier alpha value is -4.56. The Bertz CT molecular complexity index is 2300. The number of hydrogen-bond donors (Lipinski definition) is 0. The molecule has 0 unspecified atom stereocenters. The quantitative estimate of drug-likeness (QED) is 0.0396. The van der Waals surface area contributed by atoms with Crippen molar-refractivity contribution >= 4 is 84.2 Å². The van der Waals surface area contributed by atoms with Gasteiger partial charge in [0.25, 0.3) is 0 Å². The largest absolute Gasteiger partial charge is 0.358 e. The Morgan fingerprint density at radius 2 is 0.425 bits per heavy atom. The molecule has 0 N–H and O–H groups in total. The minimum atomic E-state index is -6.09. The van der Waals surface area contributed by atoms with Crippen molar-refractivity contribution in [3.8, 4) is 0 Å². The summed E-state index contributed by atoms with van der Waals surface area (Å²) in [5.41, 5.74) is -5.65. The van der Waals surface area contributed by atoms with Crippen LogP contribution in [0.3, 0.4) is 0 Å². The summed E-state index contributed by atoms with van der Waals surface area (Å²) >= 11 is 0. The molecule has 380 valence electrons. The second kappa shape index (κ2) is 40.8. The predicted molar refractivity (Wildman–Crippen MR) is 284 cm³/mol. The van der Waals surface area contributed by atoms with E-state index >= 15 is 0 Å². The summed E-state index contributed by atoms with van der Waals surface area (Å²) in [6, 6.07) is 88.3. The van der Waals surface area contributed by atoms with Gasteiger partial charge in [0, 0.05) is 52.0 Å². The molecule has 0 heterocycles. The van der Waals surface area contributed by atoms with Gasteiger partial charge in [-0.2, -0.15) is 13.2 Å². The standard InChI is InChI=1S/2C25H22P2.CHF3O3S.4CO.CH3.2Ir/c2*1-5-13-22(14-6-1)26(23-15-7-2-8-16-23)21-27(24-17-9-3-10-18-24)25-19-11-4-12-20-25;2-1(3,4)8(5,6)7;4*1-2;;;/h2*1-20H,21H2;(H,5,6,7);;;;;1H3;;/q;;;;;;;-1;;/p-1. The Kier molecular flexibility index (Phi) is 39.4. The van der Waals surface area contributed by atoms with Crippen molar-refractivity contribution in [1.82, 2.24) is 0 Å². The van der Waals surface area contributed by atoms with Crippen LogP contribution in [0.15, 0.2) is 243 Å². The van der Waals surface area contributed by atoms with E-state index in [9.17, 15) is 13.2 Å². The molecular weight excluding hydrogens is 1380 g/mol. The average molecular weight is 1430 g/mol. The summed E-state index contributed by atoms with van der Waals surface area (Å²) in [5, 5.41) is 11.7. The summed E-state index contributed by atoms with van der Waals surface area (Å²) in [4.78, 5) is 0. The molecule has 0 aliphatic heterocycles. The van der Waals surface area contributed by atoms with Crippen molar-refractivity contribution in [2.45, 2.75) is 5.51 Å². The first-order valence-electron chi connectivity index (χ1n) is 20.4. The first-order chi connectivity index (χ1) is 34.1. The summed E-state index contributed by atoms with van der Waals surface area (Å²) < 4.78 is 88.9. The molecule has 8 aromatic carbocycles. The number of hydrogen-bond acceptors (Lipinski definition) is 3. The first-order valence-corrected chi connectivity index (χ1v) is 27.9. The van der Waals surface area contributed by atoms with Gasteiger partial charge in [-0.15, -0.1) is 0 Å². The van der Waals surface area contributed by atoms with Crippen molar-refractivity contribution in [3.63, 3.8) is 0 Å². The van der Waals surface area contributed by atoms with Gasteiger partial charge in [0.15, 0.2) is 10.1 Å². The Morgan fingerprint density at radius 3 is 0.507 bits per heavy atom. The third-order valence-corrected chi connectivity index (χ3v) is 21.9. The summed E-state index contributed by atoms with van der Waals surface area (Å²) in [6.45, 7) is 18.0. The topological polar surface area (TPSA) is 137 Å². The third kappa shape index (κ3) is 24.6. The van der Waals surface area contributed by atoms with Crippen molar-refractivity contribution in [3.05, 3.63) is 277 Å². The molecule has 0 fully saturated rings. The van der Waals surface area contributed by atoms with Crippen LogP contribution in [0.2, 0.25) is 0 Å². The van der Waals surface area contributed by atoms with E-state index in [4.69, 9.17) is 31.6 Å². The van der Waals surface area contributed by atoms with E-state index in [0.717, 1.165) is 0 Å². The van der Waals surface area contributed by atoms with Crippen LogP contribution in [0, 0.1) is 34.0 Å². The van der Waals surface area contributed by atoms with E-state index in [2.05, 4.69) is 269 Å². The molecule has 73 heavy (non-hydrogen) atoms. The first kappa shape index (κ1) is 70.5. The van der Waals surface area contributed by atoms with Gasteiger partial charge in [-0.3, -0.25) is 0 Å². The van der Waals surface area contributed by atoms with Crippen molar-refractivity contribution < 1.29 is 85.0 Å². The zero-order valence-electron chi connectivity index (χ0n) is 38.9. The zero-order chi connectivity index (χ0) is 51.6. The summed E-state index contributed by atoms with van der Waals surface area (Å²) in [7, 11) is -7.72. The fourth-order valence-electron chi connectivity index (χ4n) is 6.40. The third-order valence-electron chi connectivity index (χ3n) is 9.39. The van der Waals surface area contributed by atoms with Crippen LogP contribution in [0.25, 0.3) is 0 Å². The maximum absolute atomic E-state index is 10.7. The molecule has 0 saturated heterocycles. The molecule has 0 bridgehead atoms. The Morgan fingerprint density at radius 1 is 0.329 bits per heavy atom. The van der Waals surface area contributed by atoms with Crippen molar-refractivity contribution in [2.24, 2.45) is 0 Å². The molecular formula is C56H47F3Ir2O7P4S-2. The maximum Gasteiger partial charge on any atom is 0.00405 e. The minimum absolute atomic E-state index is 0. The van der Waals surface area contributed by atoms with E-state index in [1.165, 1.54) is 54.2 Å². The van der Waals surface area contributed by atoms with Gasteiger partial charge in [0.2, 0.25) is 0 Å². The molecule has 0 saturated carbocycles. The van der Waals surface area contributed by atoms with Crippen LogP contribution in [-0.2, 0) is 68.9 Å². The van der Waals surface area contributed by atoms with E-state index in [0.29, 0.717) is 0 Å². The van der Waals surface area contributed by atoms with Gasteiger partial charge >= 0.3 is 50.7 Å². The monoisotopic (exact) mass is 1430 g/mol. The van der Waals surface area contributed by atoms with E-state index in [-0.39, 0.29) is 47.6 Å². The molecule has 0 spiro atoms.